The van der Waals surface area contributed by atoms with Crippen molar-refractivity contribution in [1.82, 2.24) is 0 Å². The fourth-order valence-electron chi connectivity index (χ4n) is 0.443. The molecule has 0 fully saturated rings. The van der Waals surface area contributed by atoms with Crippen LogP contribution in [0.15, 0.2) is 23.8 Å². The quantitative estimate of drug-likeness (QED) is 0.403. The van der Waals surface area contributed by atoms with E-state index in [4.69, 9.17) is 16.7 Å². The van der Waals surface area contributed by atoms with Gasteiger partial charge in [0.25, 0.3) is 0 Å². The third-order valence-electron chi connectivity index (χ3n) is 1.10. The molecule has 0 aromatic rings. The molecule has 0 heterocycles. The van der Waals surface area contributed by atoms with Gasteiger partial charge in [0.15, 0.2) is 0 Å². The van der Waals surface area contributed by atoms with E-state index in [1.807, 2.05) is 6.08 Å². The van der Waals surface area contributed by atoms with Crippen LogP contribution < -0.4 is 0 Å². The van der Waals surface area contributed by atoms with Crippen LogP contribution >= 0.6 is 11.6 Å². The summed E-state index contributed by atoms with van der Waals surface area (Å²) in [6.45, 7) is 1.55. The minimum Gasteiger partial charge on any atom is -0.478 e. The maximum absolute atomic E-state index is 10.2. The van der Waals surface area contributed by atoms with Gasteiger partial charge in [0.1, 0.15) is 0 Å². The number of halogens is 1. The fourth-order valence-corrected chi connectivity index (χ4v) is 0.569. The van der Waals surface area contributed by atoms with Crippen LogP contribution in [-0.4, -0.2) is 17.0 Å². The first-order valence-electron chi connectivity index (χ1n) is 3.31. The van der Waals surface area contributed by atoms with Gasteiger partial charge < -0.3 is 5.11 Å². The molecular formula is C8H11ClO2. The molecule has 1 N–H and O–H groups in total. The fraction of sp³-hybridized carbons (Fsp3) is 0.375. The number of hydrogen-bond donors (Lipinski definition) is 1. The molecule has 0 unspecified atom stereocenters. The van der Waals surface area contributed by atoms with E-state index < -0.39 is 5.97 Å². The molecule has 0 aliphatic carbocycles. The van der Waals surface area contributed by atoms with Gasteiger partial charge in [-0.25, -0.2) is 4.79 Å². The van der Waals surface area contributed by atoms with Crippen LogP contribution in [0.5, 0.6) is 0 Å². The topological polar surface area (TPSA) is 37.3 Å². The summed E-state index contributed by atoms with van der Waals surface area (Å²) in [6, 6.07) is 0. The maximum Gasteiger partial charge on any atom is 0.331 e. The molecule has 0 saturated heterocycles. The monoisotopic (exact) mass is 174 g/mol. The van der Waals surface area contributed by atoms with Crippen LogP contribution in [0.4, 0.5) is 0 Å². The summed E-state index contributed by atoms with van der Waals surface area (Å²) in [7, 11) is 0. The van der Waals surface area contributed by atoms with Crippen molar-refractivity contribution >= 4 is 17.6 Å². The highest BCUT2D eigenvalue weighted by Gasteiger charge is 1.94. The molecule has 0 spiro atoms. The minimum absolute atomic E-state index is 0.329. The third-order valence-corrected chi connectivity index (χ3v) is 1.31. The molecule has 0 rings (SSSR count). The molecule has 0 bridgehead atoms. The lowest BCUT2D eigenvalue weighted by Crippen LogP contribution is -1.94. The largest absolute Gasteiger partial charge is 0.478 e. The third kappa shape index (κ3) is 5.67. The zero-order chi connectivity index (χ0) is 8.69. The van der Waals surface area contributed by atoms with Gasteiger partial charge in [-0.05, 0) is 13.3 Å². The number of carboxylic acid groups (broad SMARTS) is 1. The Morgan fingerprint density at radius 2 is 2.27 bits per heavy atom. The second-order valence-electron chi connectivity index (χ2n) is 2.06. The normalized spacial score (nSPS) is 12.4. The van der Waals surface area contributed by atoms with Crippen LogP contribution in [0, 0.1) is 0 Å². The number of allylic oxidation sites excluding steroid dienone is 3. The van der Waals surface area contributed by atoms with Crippen molar-refractivity contribution in [2.75, 3.05) is 5.88 Å². The number of carboxylic acids is 1. The second-order valence-corrected chi connectivity index (χ2v) is 2.44. The summed E-state index contributed by atoms with van der Waals surface area (Å²) in [5.74, 6) is -0.322. The Kier molecular flexibility index (Phi) is 5.57. The first-order valence-corrected chi connectivity index (χ1v) is 3.84. The van der Waals surface area contributed by atoms with Crippen molar-refractivity contribution < 1.29 is 9.90 Å². The average molecular weight is 175 g/mol. The number of hydrogen-bond acceptors (Lipinski definition) is 1. The van der Waals surface area contributed by atoms with E-state index in [0.29, 0.717) is 11.5 Å². The smallest absolute Gasteiger partial charge is 0.331 e. The number of rotatable bonds is 4. The van der Waals surface area contributed by atoms with E-state index in [1.54, 1.807) is 19.1 Å². The van der Waals surface area contributed by atoms with E-state index in [2.05, 4.69) is 0 Å². The molecule has 2 nitrogen and oxygen atoms in total. The SMILES string of the molecule is C/C(=C\C=C\CCCl)C(=O)O. The van der Waals surface area contributed by atoms with Gasteiger partial charge in [-0.2, -0.15) is 0 Å². The molecule has 11 heavy (non-hydrogen) atoms. The number of aliphatic carboxylic acids is 1. The molecule has 0 aliphatic heterocycles. The molecule has 0 aromatic heterocycles. The van der Waals surface area contributed by atoms with E-state index in [1.165, 1.54) is 0 Å². The molecule has 62 valence electrons. The Bertz CT molecular complexity index is 183. The second kappa shape index (κ2) is 5.98. The Hall–Kier alpha value is -0.760. The van der Waals surface area contributed by atoms with Crippen molar-refractivity contribution in [3.8, 4) is 0 Å². The van der Waals surface area contributed by atoms with Gasteiger partial charge in [0.05, 0.1) is 0 Å². The Morgan fingerprint density at radius 1 is 1.64 bits per heavy atom. The van der Waals surface area contributed by atoms with Crippen molar-refractivity contribution in [1.29, 1.82) is 0 Å². The van der Waals surface area contributed by atoms with Gasteiger partial charge in [-0.1, -0.05) is 18.2 Å². The summed E-state index contributed by atoms with van der Waals surface area (Å²) in [5.41, 5.74) is 0.329. The highest BCUT2D eigenvalue weighted by molar-refractivity contribution is 6.17. The maximum atomic E-state index is 10.2. The van der Waals surface area contributed by atoms with Gasteiger partial charge in [0, 0.05) is 11.5 Å². The summed E-state index contributed by atoms with van der Waals surface area (Å²) in [5, 5.41) is 8.41. The number of alkyl halides is 1. The first-order chi connectivity index (χ1) is 5.18. The summed E-state index contributed by atoms with van der Waals surface area (Å²) in [4.78, 5) is 10.2. The molecule has 3 heteroatoms. The molecule has 0 amide bonds. The highest BCUT2D eigenvalue weighted by atomic mass is 35.5. The Balaban J connectivity index is 3.81. The van der Waals surface area contributed by atoms with Crippen LogP contribution in [0.3, 0.4) is 0 Å². The van der Waals surface area contributed by atoms with Crippen LogP contribution in [0.25, 0.3) is 0 Å². The molecule has 0 saturated carbocycles. The standard InChI is InChI=1S/C8H11ClO2/c1-7(8(10)11)5-3-2-4-6-9/h2-3,5H,4,6H2,1H3,(H,10,11)/b3-2+,7-5+. The van der Waals surface area contributed by atoms with Crippen molar-refractivity contribution in [3.05, 3.63) is 23.8 Å². The lowest BCUT2D eigenvalue weighted by molar-refractivity contribution is -0.132. The summed E-state index contributed by atoms with van der Waals surface area (Å²) >= 11 is 5.39. The Morgan fingerprint density at radius 3 is 2.73 bits per heavy atom. The highest BCUT2D eigenvalue weighted by Crippen LogP contribution is 1.94. The average Bonchev–Trinajstić information content (AvgIpc) is 1.97. The van der Waals surface area contributed by atoms with Gasteiger partial charge in [-0.15, -0.1) is 11.6 Å². The van der Waals surface area contributed by atoms with Gasteiger partial charge in [0.2, 0.25) is 0 Å². The van der Waals surface area contributed by atoms with Crippen LogP contribution in [0.2, 0.25) is 0 Å². The van der Waals surface area contributed by atoms with E-state index in [9.17, 15) is 4.79 Å². The number of carbonyl (C=O) groups is 1. The molecular weight excluding hydrogens is 164 g/mol. The zero-order valence-corrected chi connectivity index (χ0v) is 7.14. The molecule has 0 radical (unpaired) electrons. The van der Waals surface area contributed by atoms with Crippen molar-refractivity contribution in [3.63, 3.8) is 0 Å². The van der Waals surface area contributed by atoms with E-state index in [0.717, 1.165) is 6.42 Å². The van der Waals surface area contributed by atoms with Crippen molar-refractivity contribution in [2.24, 2.45) is 0 Å². The Labute approximate surface area is 71.2 Å². The van der Waals surface area contributed by atoms with Gasteiger partial charge in [-0.3, -0.25) is 0 Å². The predicted molar refractivity (Wildman–Crippen MR) is 45.9 cm³/mol. The first kappa shape index (κ1) is 10.2. The lowest BCUT2D eigenvalue weighted by atomic mass is 10.2. The lowest BCUT2D eigenvalue weighted by Gasteiger charge is -1.87. The molecule has 0 aromatic carbocycles. The summed E-state index contributed by atoms with van der Waals surface area (Å²) < 4.78 is 0. The molecule has 0 aliphatic rings. The van der Waals surface area contributed by atoms with E-state index >= 15 is 0 Å². The summed E-state index contributed by atoms with van der Waals surface area (Å²) in [6.07, 6.45) is 5.85. The van der Waals surface area contributed by atoms with Crippen LogP contribution in [0.1, 0.15) is 13.3 Å². The predicted octanol–water partition coefficient (Wildman–Crippen LogP) is 2.20. The van der Waals surface area contributed by atoms with Crippen molar-refractivity contribution in [2.45, 2.75) is 13.3 Å². The zero-order valence-electron chi connectivity index (χ0n) is 6.38. The molecule has 0 atom stereocenters. The van der Waals surface area contributed by atoms with Gasteiger partial charge >= 0.3 is 5.97 Å². The van der Waals surface area contributed by atoms with E-state index in [-0.39, 0.29) is 0 Å². The van der Waals surface area contributed by atoms with Crippen LogP contribution in [-0.2, 0) is 4.79 Å². The minimum atomic E-state index is -0.888.